The molecule has 2 rings (SSSR count). The van der Waals surface area contributed by atoms with Gasteiger partial charge in [0.15, 0.2) is 0 Å². The van der Waals surface area contributed by atoms with Gasteiger partial charge < -0.3 is 14.8 Å². The lowest BCUT2D eigenvalue weighted by atomic mass is 10.1. The lowest BCUT2D eigenvalue weighted by molar-refractivity contribution is -0.131. The molecule has 0 aliphatic heterocycles. The van der Waals surface area contributed by atoms with Crippen molar-refractivity contribution in [1.29, 1.82) is 0 Å². The van der Waals surface area contributed by atoms with Gasteiger partial charge in [-0.2, -0.15) is 0 Å². The smallest absolute Gasteiger partial charge is 0.308 e. The first-order valence-electron chi connectivity index (χ1n) is 8.65. The first kappa shape index (κ1) is 20.7. The highest BCUT2D eigenvalue weighted by atomic mass is 16.5. The first-order valence-corrected chi connectivity index (χ1v) is 8.65. The summed E-state index contributed by atoms with van der Waals surface area (Å²) in [7, 11) is 1.68. The lowest BCUT2D eigenvalue weighted by Gasteiger charge is -2.16. The second kappa shape index (κ2) is 10.5. The van der Waals surface area contributed by atoms with Gasteiger partial charge in [0.05, 0.1) is 7.11 Å². The molecule has 0 saturated carbocycles. The molecular weight excluding hydrogens is 314 g/mol. The summed E-state index contributed by atoms with van der Waals surface area (Å²) in [5.41, 5.74) is 3.40. The van der Waals surface area contributed by atoms with Gasteiger partial charge in [-0.1, -0.05) is 38.1 Å². The molecule has 0 heterocycles. The third-order valence-electron chi connectivity index (χ3n) is 3.69. The molecule has 0 spiro atoms. The van der Waals surface area contributed by atoms with Crippen molar-refractivity contribution in [2.24, 2.45) is 0 Å². The molecule has 0 radical (unpaired) electrons. The standard InChI is InChI=1S/C19H23NO3.C2H6/c1-13-10-16(8-9-19(13)22-4)12-20-14(2)17-6-5-7-18(11-17)23-15(3)21;1-2/h5-11,14,20H,12H2,1-4H3;1-2H3. The number of ether oxygens (including phenoxy) is 2. The van der Waals surface area contributed by atoms with Crippen molar-refractivity contribution in [3.63, 3.8) is 0 Å². The van der Waals surface area contributed by atoms with Gasteiger partial charge in [0.25, 0.3) is 0 Å². The van der Waals surface area contributed by atoms with Gasteiger partial charge in [-0.3, -0.25) is 4.79 Å². The summed E-state index contributed by atoms with van der Waals surface area (Å²) >= 11 is 0. The molecule has 0 aromatic heterocycles. The molecule has 25 heavy (non-hydrogen) atoms. The van der Waals surface area contributed by atoms with Crippen molar-refractivity contribution in [3.8, 4) is 11.5 Å². The van der Waals surface area contributed by atoms with E-state index in [4.69, 9.17) is 9.47 Å². The van der Waals surface area contributed by atoms with Crippen LogP contribution in [0.2, 0.25) is 0 Å². The number of carbonyl (C=O) groups excluding carboxylic acids is 1. The number of hydrogen-bond donors (Lipinski definition) is 1. The summed E-state index contributed by atoms with van der Waals surface area (Å²) in [4.78, 5) is 11.0. The fourth-order valence-electron chi connectivity index (χ4n) is 2.45. The van der Waals surface area contributed by atoms with E-state index in [-0.39, 0.29) is 12.0 Å². The zero-order chi connectivity index (χ0) is 18.8. The van der Waals surface area contributed by atoms with E-state index in [9.17, 15) is 4.79 Å². The van der Waals surface area contributed by atoms with Crippen LogP contribution in [0.5, 0.6) is 11.5 Å². The Balaban J connectivity index is 0.00000151. The number of rotatable bonds is 6. The highest BCUT2D eigenvalue weighted by Gasteiger charge is 2.08. The fraction of sp³-hybridized carbons (Fsp3) is 0.381. The van der Waals surface area contributed by atoms with Crippen molar-refractivity contribution in [1.82, 2.24) is 5.32 Å². The van der Waals surface area contributed by atoms with Gasteiger partial charge in [-0.25, -0.2) is 0 Å². The molecule has 1 unspecified atom stereocenters. The van der Waals surface area contributed by atoms with Crippen LogP contribution in [0.3, 0.4) is 0 Å². The molecule has 0 aliphatic carbocycles. The second-order valence-electron chi connectivity index (χ2n) is 5.57. The number of hydrogen-bond acceptors (Lipinski definition) is 4. The Morgan fingerprint density at radius 2 is 1.88 bits per heavy atom. The quantitative estimate of drug-likeness (QED) is 0.604. The Morgan fingerprint density at radius 1 is 1.16 bits per heavy atom. The molecule has 0 fully saturated rings. The number of carbonyl (C=O) groups is 1. The van der Waals surface area contributed by atoms with Crippen molar-refractivity contribution < 1.29 is 14.3 Å². The summed E-state index contributed by atoms with van der Waals surface area (Å²) in [5, 5.41) is 3.48. The van der Waals surface area contributed by atoms with E-state index in [2.05, 4.69) is 24.4 Å². The average molecular weight is 343 g/mol. The van der Waals surface area contributed by atoms with Crippen LogP contribution in [0, 0.1) is 6.92 Å². The van der Waals surface area contributed by atoms with E-state index in [1.165, 1.54) is 12.5 Å². The van der Waals surface area contributed by atoms with Crippen LogP contribution < -0.4 is 14.8 Å². The Hall–Kier alpha value is -2.33. The Bertz CT molecular complexity index is 683. The summed E-state index contributed by atoms with van der Waals surface area (Å²) in [6.45, 7) is 10.3. The topological polar surface area (TPSA) is 47.6 Å². The molecule has 4 heteroatoms. The van der Waals surface area contributed by atoms with Crippen molar-refractivity contribution in [2.45, 2.75) is 47.2 Å². The van der Waals surface area contributed by atoms with Gasteiger partial charge in [0, 0.05) is 19.5 Å². The monoisotopic (exact) mass is 343 g/mol. The van der Waals surface area contributed by atoms with E-state index >= 15 is 0 Å². The Morgan fingerprint density at radius 3 is 2.48 bits per heavy atom. The molecular formula is C21H29NO3. The minimum atomic E-state index is -0.309. The van der Waals surface area contributed by atoms with Gasteiger partial charge >= 0.3 is 5.97 Å². The van der Waals surface area contributed by atoms with Crippen molar-refractivity contribution in [3.05, 3.63) is 59.2 Å². The van der Waals surface area contributed by atoms with Gasteiger partial charge in [0.1, 0.15) is 11.5 Å². The van der Waals surface area contributed by atoms with Crippen LogP contribution in [0.4, 0.5) is 0 Å². The molecule has 2 aromatic rings. The predicted molar refractivity (Wildman–Crippen MR) is 102 cm³/mol. The Labute approximate surface area is 151 Å². The van der Waals surface area contributed by atoms with Gasteiger partial charge in [-0.05, 0) is 48.7 Å². The lowest BCUT2D eigenvalue weighted by Crippen LogP contribution is -2.18. The van der Waals surface area contributed by atoms with Crippen LogP contribution in [0.25, 0.3) is 0 Å². The molecule has 0 bridgehead atoms. The number of aryl methyl sites for hydroxylation is 1. The average Bonchev–Trinajstić information content (AvgIpc) is 2.61. The maximum atomic E-state index is 11.0. The van der Waals surface area contributed by atoms with E-state index in [1.807, 2.05) is 45.0 Å². The molecule has 1 N–H and O–H groups in total. The summed E-state index contributed by atoms with van der Waals surface area (Å²) in [6, 6.07) is 13.9. The van der Waals surface area contributed by atoms with Gasteiger partial charge in [-0.15, -0.1) is 0 Å². The van der Waals surface area contributed by atoms with Crippen LogP contribution in [0.15, 0.2) is 42.5 Å². The summed E-state index contributed by atoms with van der Waals surface area (Å²) < 4.78 is 10.4. The molecule has 2 aromatic carbocycles. The van der Waals surface area contributed by atoms with Crippen LogP contribution in [-0.4, -0.2) is 13.1 Å². The van der Waals surface area contributed by atoms with Crippen LogP contribution >= 0.6 is 0 Å². The number of benzene rings is 2. The SMILES string of the molecule is CC.COc1ccc(CNC(C)c2cccc(OC(C)=O)c2)cc1C. The third-order valence-corrected chi connectivity index (χ3v) is 3.69. The molecule has 1 atom stereocenters. The first-order chi connectivity index (χ1) is 12.0. The summed E-state index contributed by atoms with van der Waals surface area (Å²) in [6.07, 6.45) is 0. The summed E-state index contributed by atoms with van der Waals surface area (Å²) in [5.74, 6) is 1.16. The molecule has 136 valence electrons. The van der Waals surface area contributed by atoms with Crippen LogP contribution in [-0.2, 0) is 11.3 Å². The Kier molecular flexibility index (Phi) is 8.71. The fourth-order valence-corrected chi connectivity index (χ4v) is 2.45. The normalized spacial score (nSPS) is 11.1. The minimum absolute atomic E-state index is 0.146. The third kappa shape index (κ3) is 6.59. The maximum absolute atomic E-state index is 11.0. The zero-order valence-electron chi connectivity index (χ0n) is 16.1. The molecule has 0 saturated heterocycles. The van der Waals surface area contributed by atoms with Crippen molar-refractivity contribution in [2.75, 3.05) is 7.11 Å². The largest absolute Gasteiger partial charge is 0.496 e. The highest BCUT2D eigenvalue weighted by Crippen LogP contribution is 2.21. The zero-order valence-corrected chi connectivity index (χ0v) is 16.1. The van der Waals surface area contributed by atoms with E-state index in [0.717, 1.165) is 23.4 Å². The number of nitrogens with one attached hydrogen (secondary N) is 1. The maximum Gasteiger partial charge on any atom is 0.308 e. The second-order valence-corrected chi connectivity index (χ2v) is 5.57. The van der Waals surface area contributed by atoms with E-state index in [1.54, 1.807) is 13.2 Å². The van der Waals surface area contributed by atoms with E-state index < -0.39 is 0 Å². The molecule has 0 aliphatic rings. The highest BCUT2D eigenvalue weighted by molar-refractivity contribution is 5.69. The predicted octanol–water partition coefficient (Wildman–Crippen LogP) is 4.81. The molecule has 4 nitrogen and oxygen atoms in total. The number of methoxy groups -OCH3 is 1. The van der Waals surface area contributed by atoms with E-state index in [0.29, 0.717) is 5.75 Å². The van der Waals surface area contributed by atoms with Crippen LogP contribution in [0.1, 0.15) is 50.4 Å². The van der Waals surface area contributed by atoms with Crippen molar-refractivity contribution >= 4 is 5.97 Å². The number of esters is 1. The minimum Gasteiger partial charge on any atom is -0.496 e. The molecule has 0 amide bonds. The van der Waals surface area contributed by atoms with Gasteiger partial charge in [0.2, 0.25) is 0 Å².